The third kappa shape index (κ3) is 3.89. The Morgan fingerprint density at radius 3 is 2.53 bits per heavy atom. The molecular formula is C13H13N3O. The Hall–Kier alpha value is -2.46. The topological polar surface area (TPSA) is 70.1 Å². The molecule has 17 heavy (non-hydrogen) atoms. The van der Waals surface area contributed by atoms with E-state index in [1.165, 1.54) is 4.90 Å². The van der Waals surface area contributed by atoms with Gasteiger partial charge < -0.3 is 10.6 Å². The molecule has 0 heterocycles. The lowest BCUT2D eigenvalue weighted by Gasteiger charge is -2.16. The highest BCUT2D eigenvalue weighted by Gasteiger charge is 2.12. The van der Waals surface area contributed by atoms with E-state index in [1.807, 2.05) is 6.07 Å². The maximum absolute atomic E-state index is 11.8. The average molecular weight is 227 g/mol. The lowest BCUT2D eigenvalue weighted by Crippen LogP contribution is -2.33. The van der Waals surface area contributed by atoms with Gasteiger partial charge in [0.1, 0.15) is 6.54 Å². The zero-order valence-electron chi connectivity index (χ0n) is 9.39. The molecule has 0 radical (unpaired) electrons. The van der Waals surface area contributed by atoms with Gasteiger partial charge in [-0.1, -0.05) is 18.1 Å². The summed E-state index contributed by atoms with van der Waals surface area (Å²) >= 11 is 0. The van der Waals surface area contributed by atoms with Crippen molar-refractivity contribution in [1.82, 2.24) is 4.90 Å². The van der Waals surface area contributed by atoms with E-state index in [1.54, 1.807) is 24.3 Å². The number of benzene rings is 1. The van der Waals surface area contributed by atoms with Gasteiger partial charge in [-0.25, -0.2) is 0 Å². The van der Waals surface area contributed by atoms with Crippen LogP contribution in [0.25, 0.3) is 0 Å². The molecule has 0 spiro atoms. The summed E-state index contributed by atoms with van der Waals surface area (Å²) in [5.74, 6) is 2.20. The molecule has 1 amide bonds. The number of nitrogen functional groups attached to an aromatic ring is 1. The number of rotatable bonds is 4. The first-order valence-electron chi connectivity index (χ1n) is 5.10. The maximum Gasteiger partial charge on any atom is 0.228 e. The standard InChI is InChI=1S/C13H13N3O/c1-2-8-16(9-7-14)13(17)10-11-3-5-12(15)6-4-11/h1,3-6H,8-10,15H2. The molecule has 0 aliphatic carbocycles. The second kappa shape index (κ2) is 6.19. The minimum Gasteiger partial charge on any atom is -0.399 e. The quantitative estimate of drug-likeness (QED) is 0.470. The van der Waals surface area contributed by atoms with Crippen molar-refractivity contribution in [3.8, 4) is 18.4 Å². The minimum absolute atomic E-state index is 0.0119. The first kappa shape index (κ1) is 12.6. The molecule has 0 saturated heterocycles. The molecule has 1 rings (SSSR count). The molecular weight excluding hydrogens is 214 g/mol. The monoisotopic (exact) mass is 227 g/mol. The third-order valence-corrected chi connectivity index (χ3v) is 2.23. The van der Waals surface area contributed by atoms with Crippen molar-refractivity contribution < 1.29 is 4.79 Å². The van der Waals surface area contributed by atoms with Crippen LogP contribution in [0.4, 0.5) is 5.69 Å². The number of carbonyl (C=O) groups is 1. The van der Waals surface area contributed by atoms with E-state index >= 15 is 0 Å². The van der Waals surface area contributed by atoms with Gasteiger partial charge in [0.05, 0.1) is 19.0 Å². The van der Waals surface area contributed by atoms with Crippen LogP contribution in [-0.4, -0.2) is 23.9 Å². The average Bonchev–Trinajstić information content (AvgIpc) is 2.32. The summed E-state index contributed by atoms with van der Waals surface area (Å²) in [6, 6.07) is 8.96. The van der Waals surface area contributed by atoms with Crippen molar-refractivity contribution in [2.45, 2.75) is 6.42 Å². The van der Waals surface area contributed by atoms with Crippen LogP contribution in [0.1, 0.15) is 5.56 Å². The molecule has 0 aliphatic heterocycles. The Bertz CT molecular complexity index is 449. The van der Waals surface area contributed by atoms with E-state index in [4.69, 9.17) is 17.4 Å². The molecule has 0 atom stereocenters. The fourth-order valence-electron chi connectivity index (χ4n) is 1.35. The van der Waals surface area contributed by atoms with Crippen molar-refractivity contribution in [2.75, 3.05) is 18.8 Å². The molecule has 0 unspecified atom stereocenters. The van der Waals surface area contributed by atoms with Crippen LogP contribution in [0.2, 0.25) is 0 Å². The van der Waals surface area contributed by atoms with Gasteiger partial charge in [0.2, 0.25) is 5.91 Å². The Kier molecular flexibility index (Phi) is 4.59. The number of hydrogen-bond acceptors (Lipinski definition) is 3. The Balaban J connectivity index is 2.67. The van der Waals surface area contributed by atoms with E-state index in [0.29, 0.717) is 5.69 Å². The normalized spacial score (nSPS) is 9.06. The smallest absolute Gasteiger partial charge is 0.228 e. The largest absolute Gasteiger partial charge is 0.399 e. The molecule has 86 valence electrons. The van der Waals surface area contributed by atoms with Crippen LogP contribution in [0.3, 0.4) is 0 Å². The maximum atomic E-state index is 11.8. The summed E-state index contributed by atoms with van der Waals surface area (Å²) in [5, 5.41) is 8.59. The number of nitriles is 1. The van der Waals surface area contributed by atoms with E-state index in [-0.39, 0.29) is 25.4 Å². The van der Waals surface area contributed by atoms with Crippen molar-refractivity contribution in [3.63, 3.8) is 0 Å². The SMILES string of the molecule is C#CCN(CC#N)C(=O)Cc1ccc(N)cc1. The Morgan fingerprint density at radius 2 is 2.00 bits per heavy atom. The zero-order valence-corrected chi connectivity index (χ0v) is 9.39. The summed E-state index contributed by atoms with van der Waals surface area (Å²) in [6.45, 7) is 0.166. The van der Waals surface area contributed by atoms with Crippen molar-refractivity contribution >= 4 is 11.6 Å². The van der Waals surface area contributed by atoms with Crippen LogP contribution in [0.15, 0.2) is 24.3 Å². The lowest BCUT2D eigenvalue weighted by molar-refractivity contribution is -0.129. The van der Waals surface area contributed by atoms with Gasteiger partial charge in [0.25, 0.3) is 0 Å². The summed E-state index contributed by atoms with van der Waals surface area (Å²) in [7, 11) is 0. The van der Waals surface area contributed by atoms with Gasteiger partial charge in [0, 0.05) is 5.69 Å². The molecule has 2 N–H and O–H groups in total. The van der Waals surface area contributed by atoms with Crippen molar-refractivity contribution in [3.05, 3.63) is 29.8 Å². The van der Waals surface area contributed by atoms with Gasteiger partial charge in [-0.2, -0.15) is 5.26 Å². The fraction of sp³-hybridized carbons (Fsp3) is 0.231. The highest BCUT2D eigenvalue weighted by Crippen LogP contribution is 2.07. The molecule has 0 aliphatic rings. The van der Waals surface area contributed by atoms with Crippen LogP contribution in [-0.2, 0) is 11.2 Å². The molecule has 0 aromatic heterocycles. The summed E-state index contributed by atoms with van der Waals surface area (Å²) in [5.41, 5.74) is 7.05. The van der Waals surface area contributed by atoms with Crippen LogP contribution >= 0.6 is 0 Å². The lowest BCUT2D eigenvalue weighted by atomic mass is 10.1. The molecule has 0 bridgehead atoms. The Morgan fingerprint density at radius 1 is 1.35 bits per heavy atom. The summed E-state index contributed by atoms with van der Waals surface area (Å²) in [4.78, 5) is 13.2. The van der Waals surface area contributed by atoms with Crippen molar-refractivity contribution in [1.29, 1.82) is 5.26 Å². The van der Waals surface area contributed by atoms with E-state index in [0.717, 1.165) is 5.56 Å². The molecule has 1 aromatic carbocycles. The van der Waals surface area contributed by atoms with E-state index in [9.17, 15) is 4.79 Å². The molecule has 0 fully saturated rings. The highest BCUT2D eigenvalue weighted by molar-refractivity contribution is 5.79. The third-order valence-electron chi connectivity index (χ3n) is 2.23. The van der Waals surface area contributed by atoms with Crippen LogP contribution in [0, 0.1) is 23.7 Å². The molecule has 0 saturated carbocycles. The van der Waals surface area contributed by atoms with E-state index < -0.39 is 0 Å². The summed E-state index contributed by atoms with van der Waals surface area (Å²) in [6.07, 6.45) is 5.37. The predicted octanol–water partition coefficient (Wildman–Crippen LogP) is 0.797. The van der Waals surface area contributed by atoms with Gasteiger partial charge in [-0.05, 0) is 17.7 Å². The number of terminal acetylenes is 1. The molecule has 4 nitrogen and oxygen atoms in total. The van der Waals surface area contributed by atoms with Gasteiger partial charge in [-0.15, -0.1) is 6.42 Å². The Labute approximate surface area is 101 Å². The number of nitrogens with zero attached hydrogens (tertiary/aromatic N) is 2. The number of nitrogens with two attached hydrogens (primary N) is 1. The number of carbonyl (C=O) groups excluding carboxylic acids is 1. The van der Waals surface area contributed by atoms with Crippen LogP contribution < -0.4 is 5.73 Å². The van der Waals surface area contributed by atoms with Gasteiger partial charge in [0.15, 0.2) is 0 Å². The number of anilines is 1. The summed E-state index contributed by atoms with van der Waals surface area (Å²) < 4.78 is 0. The number of amides is 1. The molecule has 4 heteroatoms. The van der Waals surface area contributed by atoms with Crippen molar-refractivity contribution in [2.24, 2.45) is 0 Å². The minimum atomic E-state index is -0.158. The van der Waals surface area contributed by atoms with E-state index in [2.05, 4.69) is 5.92 Å². The highest BCUT2D eigenvalue weighted by atomic mass is 16.2. The number of hydrogen-bond donors (Lipinski definition) is 1. The zero-order chi connectivity index (χ0) is 12.7. The molecule has 1 aromatic rings. The van der Waals surface area contributed by atoms with Gasteiger partial charge >= 0.3 is 0 Å². The van der Waals surface area contributed by atoms with Crippen LogP contribution in [0.5, 0.6) is 0 Å². The first-order chi connectivity index (χ1) is 8.17. The first-order valence-corrected chi connectivity index (χ1v) is 5.10. The predicted molar refractivity (Wildman–Crippen MR) is 65.6 cm³/mol. The fourth-order valence-corrected chi connectivity index (χ4v) is 1.35. The second-order valence-corrected chi connectivity index (χ2v) is 3.53. The second-order valence-electron chi connectivity index (χ2n) is 3.53. The van der Waals surface area contributed by atoms with Gasteiger partial charge in [-0.3, -0.25) is 4.79 Å².